The molecule has 0 unspecified atom stereocenters. The average molecular weight is 477 g/mol. The minimum Gasteiger partial charge on any atom is -0.340 e. The lowest BCUT2D eigenvalue weighted by atomic mass is 9.84. The van der Waals surface area contributed by atoms with Crippen LogP contribution in [0.2, 0.25) is 0 Å². The van der Waals surface area contributed by atoms with Crippen molar-refractivity contribution in [2.45, 2.75) is 39.8 Å². The van der Waals surface area contributed by atoms with Gasteiger partial charge in [0.2, 0.25) is 11.8 Å². The van der Waals surface area contributed by atoms with Crippen molar-refractivity contribution in [2.24, 2.45) is 5.41 Å². The van der Waals surface area contributed by atoms with Gasteiger partial charge in [-0.25, -0.2) is 0 Å². The number of nitrogens with zero attached hydrogens (tertiary/aromatic N) is 4. The average Bonchev–Trinajstić information content (AvgIpc) is 2.85. The lowest BCUT2D eigenvalue weighted by Gasteiger charge is -2.38. The smallest absolute Gasteiger partial charge is 0.223 e. The van der Waals surface area contributed by atoms with Crippen LogP contribution in [0.15, 0.2) is 60.7 Å². The Morgan fingerprint density at radius 1 is 0.600 bits per heavy atom. The third-order valence-electron chi connectivity index (χ3n) is 7.21. The van der Waals surface area contributed by atoms with Gasteiger partial charge in [0, 0.05) is 78.3 Å². The molecule has 0 radical (unpaired) electrons. The van der Waals surface area contributed by atoms with Gasteiger partial charge in [0.1, 0.15) is 0 Å². The molecule has 6 heteroatoms. The highest BCUT2D eigenvalue weighted by Crippen LogP contribution is 2.28. The highest BCUT2D eigenvalue weighted by molar-refractivity contribution is 5.80. The Morgan fingerprint density at radius 3 is 1.29 bits per heavy atom. The van der Waals surface area contributed by atoms with Crippen LogP contribution >= 0.6 is 0 Å². The molecule has 4 rings (SSSR count). The second kappa shape index (κ2) is 11.8. The van der Waals surface area contributed by atoms with Crippen molar-refractivity contribution in [3.63, 3.8) is 0 Å². The summed E-state index contributed by atoms with van der Waals surface area (Å²) in [5.74, 6) is 0.352. The van der Waals surface area contributed by atoms with E-state index in [4.69, 9.17) is 0 Å². The van der Waals surface area contributed by atoms with Crippen molar-refractivity contribution in [2.75, 3.05) is 52.4 Å². The number of piperazine rings is 2. The number of amides is 2. The largest absolute Gasteiger partial charge is 0.340 e. The van der Waals surface area contributed by atoms with Crippen LogP contribution in [-0.2, 0) is 22.7 Å². The molecule has 2 aliphatic heterocycles. The van der Waals surface area contributed by atoms with Crippen LogP contribution in [0.4, 0.5) is 0 Å². The van der Waals surface area contributed by atoms with E-state index < -0.39 is 0 Å². The first-order chi connectivity index (χ1) is 16.9. The summed E-state index contributed by atoms with van der Waals surface area (Å²) in [6.45, 7) is 12.6. The summed E-state index contributed by atoms with van der Waals surface area (Å²) in [5, 5.41) is 0. The summed E-state index contributed by atoms with van der Waals surface area (Å²) in [6.07, 6.45) is 0.844. The lowest BCUT2D eigenvalue weighted by molar-refractivity contribution is -0.138. The first-order valence-corrected chi connectivity index (χ1v) is 13.0. The van der Waals surface area contributed by atoms with Crippen LogP contribution in [0.3, 0.4) is 0 Å². The maximum atomic E-state index is 13.0. The van der Waals surface area contributed by atoms with E-state index in [0.29, 0.717) is 12.8 Å². The van der Waals surface area contributed by atoms with Crippen molar-refractivity contribution in [1.82, 2.24) is 19.6 Å². The summed E-state index contributed by atoms with van der Waals surface area (Å²) in [6, 6.07) is 21.0. The van der Waals surface area contributed by atoms with E-state index in [1.807, 2.05) is 21.9 Å². The molecule has 188 valence electrons. The molecule has 2 heterocycles. The summed E-state index contributed by atoms with van der Waals surface area (Å²) in [4.78, 5) is 34.8. The topological polar surface area (TPSA) is 47.1 Å². The number of rotatable bonds is 8. The van der Waals surface area contributed by atoms with E-state index >= 15 is 0 Å². The fraction of sp³-hybridized carbons (Fsp3) is 0.517. The first kappa shape index (κ1) is 25.4. The molecule has 35 heavy (non-hydrogen) atoms. The molecule has 0 atom stereocenters. The quantitative estimate of drug-likeness (QED) is 0.585. The molecule has 2 aliphatic rings. The minimum absolute atomic E-state index is 0.176. The third-order valence-corrected chi connectivity index (χ3v) is 7.21. The Kier molecular flexibility index (Phi) is 8.58. The van der Waals surface area contributed by atoms with Crippen LogP contribution in [0.25, 0.3) is 0 Å². The van der Waals surface area contributed by atoms with Crippen LogP contribution in [0, 0.1) is 5.41 Å². The van der Waals surface area contributed by atoms with Crippen molar-refractivity contribution in [1.29, 1.82) is 0 Å². The SMILES string of the molecule is CC(C)(CC(=O)N1CCN(Cc2ccccc2)CC1)CC(=O)N1CCN(Cc2ccccc2)CC1. The summed E-state index contributed by atoms with van der Waals surface area (Å²) in [7, 11) is 0. The molecule has 0 spiro atoms. The third kappa shape index (κ3) is 7.64. The van der Waals surface area contributed by atoms with E-state index in [2.05, 4.69) is 72.2 Å². The molecule has 0 aliphatic carbocycles. The van der Waals surface area contributed by atoms with E-state index in [9.17, 15) is 9.59 Å². The maximum Gasteiger partial charge on any atom is 0.223 e. The molecule has 0 aromatic heterocycles. The fourth-order valence-corrected chi connectivity index (χ4v) is 5.10. The number of carbonyl (C=O) groups excluding carboxylic acids is 2. The highest BCUT2D eigenvalue weighted by Gasteiger charge is 2.32. The number of benzene rings is 2. The molecule has 6 nitrogen and oxygen atoms in total. The zero-order valence-electron chi connectivity index (χ0n) is 21.4. The van der Waals surface area contributed by atoms with Crippen LogP contribution in [0.1, 0.15) is 37.8 Å². The Bertz CT molecular complexity index is 870. The van der Waals surface area contributed by atoms with Gasteiger partial charge in [0.05, 0.1) is 0 Å². The van der Waals surface area contributed by atoms with Gasteiger partial charge in [-0.2, -0.15) is 0 Å². The second-order valence-corrected chi connectivity index (χ2v) is 10.8. The molecule has 0 N–H and O–H groups in total. The van der Waals surface area contributed by atoms with Gasteiger partial charge in [-0.3, -0.25) is 19.4 Å². The molecule has 2 aromatic carbocycles. The van der Waals surface area contributed by atoms with Gasteiger partial charge in [-0.15, -0.1) is 0 Å². The normalized spacial score (nSPS) is 18.0. The monoisotopic (exact) mass is 476 g/mol. The van der Waals surface area contributed by atoms with Gasteiger partial charge in [-0.1, -0.05) is 74.5 Å². The van der Waals surface area contributed by atoms with Crippen molar-refractivity contribution < 1.29 is 9.59 Å². The Morgan fingerprint density at radius 2 is 0.943 bits per heavy atom. The van der Waals surface area contributed by atoms with Crippen LogP contribution in [-0.4, -0.2) is 83.8 Å². The first-order valence-electron chi connectivity index (χ1n) is 13.0. The summed E-state index contributed by atoms with van der Waals surface area (Å²) in [5.41, 5.74) is 2.29. The van der Waals surface area contributed by atoms with E-state index in [-0.39, 0.29) is 17.2 Å². The van der Waals surface area contributed by atoms with Crippen molar-refractivity contribution >= 4 is 11.8 Å². The predicted molar refractivity (Wildman–Crippen MR) is 140 cm³/mol. The Balaban J connectivity index is 1.18. The molecule has 0 bridgehead atoms. The Hall–Kier alpha value is -2.70. The summed E-state index contributed by atoms with van der Waals surface area (Å²) >= 11 is 0. The molecule has 2 fully saturated rings. The molecule has 0 saturated carbocycles. The van der Waals surface area contributed by atoms with Gasteiger partial charge in [0.25, 0.3) is 0 Å². The van der Waals surface area contributed by atoms with Crippen molar-refractivity contribution in [3.05, 3.63) is 71.8 Å². The zero-order valence-corrected chi connectivity index (χ0v) is 21.4. The number of hydrogen-bond acceptors (Lipinski definition) is 4. The molecular weight excluding hydrogens is 436 g/mol. The zero-order chi connectivity index (χ0) is 24.7. The van der Waals surface area contributed by atoms with Gasteiger partial charge < -0.3 is 9.80 Å². The maximum absolute atomic E-state index is 13.0. The standard InChI is InChI=1S/C29H40N4O2/c1-29(2,21-27(34)32-17-13-30(14-18-32)23-25-9-5-3-6-10-25)22-28(35)33-19-15-31(16-20-33)24-26-11-7-4-8-12-26/h3-12H,13-24H2,1-2H3. The molecule has 2 amide bonds. The predicted octanol–water partition coefficient (Wildman–Crippen LogP) is 3.48. The van der Waals surface area contributed by atoms with Crippen molar-refractivity contribution in [3.8, 4) is 0 Å². The van der Waals surface area contributed by atoms with E-state index in [1.165, 1.54) is 11.1 Å². The van der Waals surface area contributed by atoms with Gasteiger partial charge in [-0.05, 0) is 16.5 Å². The second-order valence-electron chi connectivity index (χ2n) is 10.8. The van der Waals surface area contributed by atoms with Gasteiger partial charge in [0.15, 0.2) is 0 Å². The van der Waals surface area contributed by atoms with E-state index in [1.54, 1.807) is 0 Å². The van der Waals surface area contributed by atoms with Gasteiger partial charge >= 0.3 is 0 Å². The fourth-order valence-electron chi connectivity index (χ4n) is 5.10. The van der Waals surface area contributed by atoms with Crippen LogP contribution in [0.5, 0.6) is 0 Å². The summed E-state index contributed by atoms with van der Waals surface area (Å²) < 4.78 is 0. The van der Waals surface area contributed by atoms with Crippen LogP contribution < -0.4 is 0 Å². The lowest BCUT2D eigenvalue weighted by Crippen LogP contribution is -2.50. The highest BCUT2D eigenvalue weighted by atomic mass is 16.2. The molecule has 2 saturated heterocycles. The number of carbonyl (C=O) groups is 2. The minimum atomic E-state index is -0.337. The molecule has 2 aromatic rings. The van der Waals surface area contributed by atoms with E-state index in [0.717, 1.165) is 65.4 Å². The molecular formula is C29H40N4O2. The Labute approximate surface area is 210 Å². The number of hydrogen-bond donors (Lipinski definition) is 0.